The van der Waals surface area contributed by atoms with Gasteiger partial charge in [0.25, 0.3) is 0 Å². The van der Waals surface area contributed by atoms with Gasteiger partial charge >= 0.3 is 5.97 Å². The standard InChI is InChI=1S/C26H16O5/c27-16-9-11-19-22(13-16)30-23-14-17(28)10-12-20(23)26(19)21-8-4-7-18(24(21)25(29)31-26)15-5-2-1-3-6-15/h1-14,27-28H. The van der Waals surface area contributed by atoms with Crippen LogP contribution in [-0.2, 0) is 10.3 Å². The molecule has 31 heavy (non-hydrogen) atoms. The van der Waals surface area contributed by atoms with Crippen LogP contribution in [0.15, 0.2) is 84.9 Å². The lowest BCUT2D eigenvalue weighted by Crippen LogP contribution is -2.32. The van der Waals surface area contributed by atoms with Crippen molar-refractivity contribution < 1.29 is 24.5 Å². The van der Waals surface area contributed by atoms with Crippen LogP contribution in [0.2, 0.25) is 0 Å². The number of phenols is 2. The molecule has 0 aromatic heterocycles. The average molecular weight is 408 g/mol. The van der Waals surface area contributed by atoms with Gasteiger partial charge in [0.1, 0.15) is 23.0 Å². The fourth-order valence-corrected chi connectivity index (χ4v) is 4.61. The lowest BCUT2D eigenvalue weighted by atomic mass is 9.76. The molecule has 4 aromatic carbocycles. The van der Waals surface area contributed by atoms with E-state index in [-0.39, 0.29) is 11.5 Å². The van der Waals surface area contributed by atoms with Crippen molar-refractivity contribution >= 4 is 5.97 Å². The summed E-state index contributed by atoms with van der Waals surface area (Å²) in [4.78, 5) is 13.3. The van der Waals surface area contributed by atoms with Gasteiger partial charge in [0, 0.05) is 28.8 Å². The zero-order valence-corrected chi connectivity index (χ0v) is 16.2. The Morgan fingerprint density at radius 1 is 0.677 bits per heavy atom. The van der Waals surface area contributed by atoms with Crippen LogP contribution in [0.4, 0.5) is 0 Å². The van der Waals surface area contributed by atoms with Crippen molar-refractivity contribution in [3.63, 3.8) is 0 Å². The summed E-state index contributed by atoms with van der Waals surface area (Å²) in [5.41, 5.74) is 2.86. The molecule has 6 rings (SSSR count). The van der Waals surface area contributed by atoms with Crippen LogP contribution in [0.25, 0.3) is 11.1 Å². The second kappa shape index (κ2) is 6.12. The molecule has 0 atom stereocenters. The third kappa shape index (κ3) is 2.34. The zero-order valence-electron chi connectivity index (χ0n) is 16.2. The lowest BCUT2D eigenvalue weighted by molar-refractivity contribution is 0.0224. The summed E-state index contributed by atoms with van der Waals surface area (Å²) in [6, 6.07) is 24.8. The fourth-order valence-electron chi connectivity index (χ4n) is 4.61. The Bertz CT molecular complexity index is 1320. The van der Waals surface area contributed by atoms with Gasteiger partial charge in [0.2, 0.25) is 0 Å². The number of hydrogen-bond acceptors (Lipinski definition) is 5. The topological polar surface area (TPSA) is 76.0 Å². The normalized spacial score (nSPS) is 14.9. The molecule has 0 fully saturated rings. The SMILES string of the molecule is O=C1OC2(c3ccc(O)cc3Oc3cc(O)ccc32)c2cccc(-c3ccccc3)c21. The number of rotatable bonds is 1. The highest BCUT2D eigenvalue weighted by Crippen LogP contribution is 2.57. The lowest BCUT2D eigenvalue weighted by Gasteiger charge is -2.36. The van der Waals surface area contributed by atoms with Gasteiger partial charge in [0.05, 0.1) is 5.56 Å². The molecule has 5 heteroatoms. The summed E-state index contributed by atoms with van der Waals surface area (Å²) in [6.07, 6.45) is 0. The van der Waals surface area contributed by atoms with Crippen molar-refractivity contribution in [3.8, 4) is 34.1 Å². The largest absolute Gasteiger partial charge is 0.508 e. The van der Waals surface area contributed by atoms with Gasteiger partial charge in [0.15, 0.2) is 5.60 Å². The van der Waals surface area contributed by atoms with E-state index in [4.69, 9.17) is 9.47 Å². The molecule has 0 radical (unpaired) electrons. The number of carbonyl (C=O) groups excluding carboxylic acids is 1. The highest BCUT2D eigenvalue weighted by atomic mass is 16.6. The Balaban J connectivity index is 1.70. The molecular formula is C26H16O5. The predicted octanol–water partition coefficient (Wildman–Crippen LogP) is 5.33. The Morgan fingerprint density at radius 3 is 1.97 bits per heavy atom. The maximum Gasteiger partial charge on any atom is 0.340 e. The molecule has 0 saturated carbocycles. The molecule has 0 aliphatic carbocycles. The van der Waals surface area contributed by atoms with Crippen molar-refractivity contribution in [1.82, 2.24) is 0 Å². The Morgan fingerprint density at radius 2 is 1.32 bits per heavy atom. The minimum atomic E-state index is -1.25. The van der Waals surface area contributed by atoms with Crippen LogP contribution in [0.5, 0.6) is 23.0 Å². The number of benzene rings is 4. The summed E-state index contributed by atoms with van der Waals surface area (Å²) in [7, 11) is 0. The molecule has 0 unspecified atom stereocenters. The van der Waals surface area contributed by atoms with E-state index in [0.717, 1.165) is 11.1 Å². The van der Waals surface area contributed by atoms with Crippen LogP contribution >= 0.6 is 0 Å². The molecule has 2 N–H and O–H groups in total. The van der Waals surface area contributed by atoms with E-state index in [0.29, 0.717) is 33.8 Å². The van der Waals surface area contributed by atoms with E-state index >= 15 is 0 Å². The number of ether oxygens (including phenoxy) is 2. The third-order valence-electron chi connectivity index (χ3n) is 5.89. The summed E-state index contributed by atoms with van der Waals surface area (Å²) < 4.78 is 12.2. The summed E-state index contributed by atoms with van der Waals surface area (Å²) in [5.74, 6) is 0.349. The van der Waals surface area contributed by atoms with Crippen LogP contribution in [0.1, 0.15) is 27.0 Å². The molecule has 0 saturated heterocycles. The van der Waals surface area contributed by atoms with Gasteiger partial charge in [-0.1, -0.05) is 48.5 Å². The number of esters is 1. The minimum absolute atomic E-state index is 0.0279. The molecule has 2 heterocycles. The minimum Gasteiger partial charge on any atom is -0.508 e. The molecule has 150 valence electrons. The van der Waals surface area contributed by atoms with Crippen LogP contribution in [0.3, 0.4) is 0 Å². The van der Waals surface area contributed by atoms with E-state index < -0.39 is 11.6 Å². The molecule has 2 aliphatic rings. The first-order chi connectivity index (χ1) is 15.1. The Labute approximate surface area is 177 Å². The monoisotopic (exact) mass is 408 g/mol. The smallest absolute Gasteiger partial charge is 0.340 e. The fraction of sp³-hybridized carbons (Fsp3) is 0.0385. The van der Waals surface area contributed by atoms with E-state index in [1.807, 2.05) is 48.5 Å². The molecule has 0 bridgehead atoms. The molecule has 4 aromatic rings. The van der Waals surface area contributed by atoms with Gasteiger partial charge in [-0.25, -0.2) is 4.79 Å². The average Bonchev–Trinajstić information content (AvgIpc) is 3.07. The first-order valence-electron chi connectivity index (χ1n) is 9.85. The number of hydrogen-bond donors (Lipinski definition) is 2. The summed E-state index contributed by atoms with van der Waals surface area (Å²) in [5, 5.41) is 20.0. The van der Waals surface area contributed by atoms with Crippen molar-refractivity contribution in [3.05, 3.63) is 107 Å². The van der Waals surface area contributed by atoms with Crippen molar-refractivity contribution in [2.24, 2.45) is 0 Å². The maximum absolute atomic E-state index is 13.3. The highest BCUT2D eigenvalue weighted by molar-refractivity contribution is 6.03. The molecule has 0 amide bonds. The van der Waals surface area contributed by atoms with Gasteiger partial charge in [-0.05, 0) is 35.4 Å². The number of carbonyl (C=O) groups is 1. The van der Waals surface area contributed by atoms with Crippen molar-refractivity contribution in [1.29, 1.82) is 0 Å². The first-order valence-corrected chi connectivity index (χ1v) is 9.85. The van der Waals surface area contributed by atoms with E-state index in [1.54, 1.807) is 24.3 Å². The van der Waals surface area contributed by atoms with Gasteiger partial charge < -0.3 is 19.7 Å². The van der Waals surface area contributed by atoms with Gasteiger partial charge in [-0.15, -0.1) is 0 Å². The van der Waals surface area contributed by atoms with Crippen LogP contribution in [-0.4, -0.2) is 16.2 Å². The Hall–Kier alpha value is -4.25. The number of fused-ring (bicyclic) bond motifs is 6. The predicted molar refractivity (Wildman–Crippen MR) is 113 cm³/mol. The molecule has 1 spiro atoms. The second-order valence-electron chi connectivity index (χ2n) is 7.63. The summed E-state index contributed by atoms with van der Waals surface area (Å²) >= 11 is 0. The van der Waals surface area contributed by atoms with E-state index in [1.165, 1.54) is 12.1 Å². The first kappa shape index (κ1) is 17.6. The Kier molecular flexibility index (Phi) is 3.48. The van der Waals surface area contributed by atoms with Gasteiger partial charge in [-0.2, -0.15) is 0 Å². The van der Waals surface area contributed by atoms with Gasteiger partial charge in [-0.3, -0.25) is 0 Å². The molecular weight excluding hydrogens is 392 g/mol. The number of phenolic OH excluding ortho intramolecular Hbond substituents is 2. The van der Waals surface area contributed by atoms with Crippen LogP contribution < -0.4 is 4.74 Å². The van der Waals surface area contributed by atoms with Crippen molar-refractivity contribution in [2.75, 3.05) is 0 Å². The second-order valence-corrected chi connectivity index (χ2v) is 7.63. The maximum atomic E-state index is 13.3. The highest BCUT2D eigenvalue weighted by Gasteiger charge is 2.54. The third-order valence-corrected chi connectivity index (χ3v) is 5.89. The summed E-state index contributed by atoms with van der Waals surface area (Å²) in [6.45, 7) is 0. The van der Waals surface area contributed by atoms with E-state index in [2.05, 4.69) is 0 Å². The van der Waals surface area contributed by atoms with Crippen molar-refractivity contribution in [2.45, 2.75) is 5.60 Å². The quantitative estimate of drug-likeness (QED) is 0.416. The van der Waals surface area contributed by atoms with Crippen LogP contribution in [0, 0.1) is 0 Å². The molecule has 5 nitrogen and oxygen atoms in total. The number of aromatic hydroxyl groups is 2. The molecule has 2 aliphatic heterocycles. The van der Waals surface area contributed by atoms with E-state index in [9.17, 15) is 15.0 Å². The zero-order chi connectivity index (χ0) is 21.2.